The molecule has 0 aliphatic heterocycles. The van der Waals surface area contributed by atoms with Gasteiger partial charge in [0.05, 0.1) is 11.9 Å². The van der Waals surface area contributed by atoms with E-state index in [0.717, 1.165) is 0 Å². The largest absolute Gasteiger partial charge is 0.451 e. The molecular formula is C18H21N3O3. The van der Waals surface area contributed by atoms with E-state index < -0.39 is 11.9 Å². The highest BCUT2D eigenvalue weighted by Crippen LogP contribution is 2.23. The maximum atomic E-state index is 11.9. The van der Waals surface area contributed by atoms with Crippen LogP contribution in [-0.2, 0) is 14.9 Å². The number of anilines is 1. The summed E-state index contributed by atoms with van der Waals surface area (Å²) in [6.45, 7) is 7.74. The van der Waals surface area contributed by atoms with Crippen LogP contribution in [0.3, 0.4) is 0 Å². The zero-order chi connectivity index (χ0) is 17.7. The van der Waals surface area contributed by atoms with Crippen molar-refractivity contribution in [3.8, 4) is 0 Å². The molecule has 2 aromatic rings. The molecule has 0 saturated heterocycles. The Labute approximate surface area is 141 Å². The summed E-state index contributed by atoms with van der Waals surface area (Å²) in [5, 5.41) is 2.68. The zero-order valence-electron chi connectivity index (χ0n) is 14.3. The van der Waals surface area contributed by atoms with E-state index in [1.807, 2.05) is 24.3 Å². The molecule has 24 heavy (non-hydrogen) atoms. The summed E-state index contributed by atoms with van der Waals surface area (Å²) in [5.41, 5.74) is 2.64. The number of rotatable bonds is 4. The number of ether oxygens (including phenoxy) is 1. The monoisotopic (exact) mass is 327 g/mol. The van der Waals surface area contributed by atoms with Crippen LogP contribution in [0.15, 0.2) is 36.7 Å². The molecule has 6 heteroatoms. The molecule has 0 spiro atoms. The molecule has 1 amide bonds. The highest BCUT2D eigenvalue weighted by Gasteiger charge is 2.14. The lowest BCUT2D eigenvalue weighted by Gasteiger charge is -2.19. The number of esters is 1. The molecule has 6 nitrogen and oxygen atoms in total. The molecule has 1 aromatic carbocycles. The quantitative estimate of drug-likeness (QED) is 0.873. The van der Waals surface area contributed by atoms with Crippen LogP contribution in [0.2, 0.25) is 0 Å². The molecule has 0 bridgehead atoms. The van der Waals surface area contributed by atoms with Gasteiger partial charge in [0, 0.05) is 11.9 Å². The third-order valence-electron chi connectivity index (χ3n) is 3.36. The molecule has 0 fully saturated rings. The Bertz CT molecular complexity index is 717. The lowest BCUT2D eigenvalue weighted by Crippen LogP contribution is -2.21. The number of amides is 1. The molecule has 1 aromatic heterocycles. The minimum absolute atomic E-state index is 0.0488. The van der Waals surface area contributed by atoms with Crippen LogP contribution in [0.5, 0.6) is 0 Å². The van der Waals surface area contributed by atoms with E-state index in [9.17, 15) is 9.59 Å². The smallest absolute Gasteiger partial charge is 0.359 e. The zero-order valence-corrected chi connectivity index (χ0v) is 14.3. The molecule has 1 heterocycles. The van der Waals surface area contributed by atoms with Gasteiger partial charge in [-0.1, -0.05) is 32.9 Å². The van der Waals surface area contributed by atoms with Crippen LogP contribution < -0.4 is 5.32 Å². The molecule has 0 unspecified atom stereocenters. The van der Waals surface area contributed by atoms with Gasteiger partial charge in [-0.3, -0.25) is 9.78 Å². The van der Waals surface area contributed by atoms with Crippen molar-refractivity contribution in [1.82, 2.24) is 9.97 Å². The molecule has 0 aliphatic carbocycles. The average molecular weight is 327 g/mol. The Morgan fingerprint density at radius 2 is 1.75 bits per heavy atom. The molecule has 0 aliphatic rings. The van der Waals surface area contributed by atoms with Crippen molar-refractivity contribution in [2.24, 2.45) is 0 Å². The fourth-order valence-electron chi connectivity index (χ4n) is 1.95. The van der Waals surface area contributed by atoms with E-state index in [1.54, 1.807) is 6.92 Å². The van der Waals surface area contributed by atoms with Gasteiger partial charge in [0.25, 0.3) is 5.91 Å². The maximum Gasteiger partial charge on any atom is 0.359 e. The number of carbonyl (C=O) groups is 2. The molecule has 0 saturated carbocycles. The number of nitrogens with zero attached hydrogens (tertiary/aromatic N) is 2. The minimum atomic E-state index is -0.680. The van der Waals surface area contributed by atoms with E-state index >= 15 is 0 Å². The SMILES string of the molecule is Cc1cnc(C(=O)OCC(=O)Nc2ccc(C(C)(C)C)cc2)cn1. The Balaban J connectivity index is 1.87. The van der Waals surface area contributed by atoms with Gasteiger partial charge in [0.15, 0.2) is 12.3 Å². The third-order valence-corrected chi connectivity index (χ3v) is 3.36. The Kier molecular flexibility index (Phi) is 5.28. The van der Waals surface area contributed by atoms with Gasteiger partial charge in [-0.15, -0.1) is 0 Å². The van der Waals surface area contributed by atoms with Gasteiger partial charge in [-0.2, -0.15) is 0 Å². The topological polar surface area (TPSA) is 81.2 Å². The number of carbonyl (C=O) groups excluding carboxylic acids is 2. The van der Waals surface area contributed by atoms with Gasteiger partial charge in [0.1, 0.15) is 0 Å². The van der Waals surface area contributed by atoms with Gasteiger partial charge in [0.2, 0.25) is 0 Å². The van der Waals surface area contributed by atoms with Crippen LogP contribution in [0.4, 0.5) is 5.69 Å². The summed E-state index contributed by atoms with van der Waals surface area (Å²) in [7, 11) is 0. The summed E-state index contributed by atoms with van der Waals surface area (Å²) < 4.78 is 4.93. The second kappa shape index (κ2) is 7.21. The standard InChI is InChI=1S/C18H21N3O3/c1-12-9-20-15(10-19-12)17(23)24-11-16(22)21-14-7-5-13(6-8-14)18(2,3)4/h5-10H,11H2,1-4H3,(H,21,22). The van der Waals surface area contributed by atoms with Gasteiger partial charge in [-0.25, -0.2) is 9.78 Å². The first kappa shape index (κ1) is 17.6. The maximum absolute atomic E-state index is 11.9. The molecule has 0 atom stereocenters. The average Bonchev–Trinajstić information content (AvgIpc) is 2.53. The number of hydrogen-bond donors (Lipinski definition) is 1. The van der Waals surface area contributed by atoms with Crippen LogP contribution in [0.25, 0.3) is 0 Å². The van der Waals surface area contributed by atoms with E-state index in [1.165, 1.54) is 18.0 Å². The highest BCUT2D eigenvalue weighted by atomic mass is 16.5. The first-order valence-corrected chi connectivity index (χ1v) is 7.62. The van der Waals surface area contributed by atoms with Crippen molar-refractivity contribution < 1.29 is 14.3 Å². The minimum Gasteiger partial charge on any atom is -0.451 e. The number of aromatic nitrogens is 2. The molecule has 2 rings (SSSR count). The summed E-state index contributed by atoms with van der Waals surface area (Å²) in [6.07, 6.45) is 2.79. The first-order chi connectivity index (χ1) is 11.3. The van der Waals surface area contributed by atoms with Crippen LogP contribution in [-0.4, -0.2) is 28.5 Å². The van der Waals surface area contributed by atoms with E-state index in [0.29, 0.717) is 11.4 Å². The lowest BCUT2D eigenvalue weighted by atomic mass is 9.87. The third kappa shape index (κ3) is 4.87. The van der Waals surface area contributed by atoms with E-state index in [4.69, 9.17) is 4.74 Å². The van der Waals surface area contributed by atoms with Crippen molar-refractivity contribution in [2.45, 2.75) is 33.1 Å². The first-order valence-electron chi connectivity index (χ1n) is 7.62. The van der Waals surface area contributed by atoms with Gasteiger partial charge in [-0.05, 0) is 30.0 Å². The number of aryl methyl sites for hydroxylation is 1. The van der Waals surface area contributed by atoms with Crippen molar-refractivity contribution in [1.29, 1.82) is 0 Å². The van der Waals surface area contributed by atoms with Crippen molar-refractivity contribution in [2.75, 3.05) is 11.9 Å². The van der Waals surface area contributed by atoms with E-state index in [-0.39, 0.29) is 17.7 Å². The predicted octanol–water partition coefficient (Wildman–Crippen LogP) is 2.88. The van der Waals surface area contributed by atoms with Crippen molar-refractivity contribution in [3.05, 3.63) is 53.6 Å². The Morgan fingerprint density at radius 1 is 1.08 bits per heavy atom. The fraction of sp³-hybridized carbons (Fsp3) is 0.333. The number of benzene rings is 1. The second-order valence-electron chi connectivity index (χ2n) is 6.49. The van der Waals surface area contributed by atoms with Crippen LogP contribution in [0, 0.1) is 6.92 Å². The van der Waals surface area contributed by atoms with Crippen LogP contribution in [0.1, 0.15) is 42.5 Å². The highest BCUT2D eigenvalue weighted by molar-refractivity contribution is 5.94. The Morgan fingerprint density at radius 3 is 2.29 bits per heavy atom. The molecule has 0 radical (unpaired) electrons. The number of hydrogen-bond acceptors (Lipinski definition) is 5. The van der Waals surface area contributed by atoms with Crippen molar-refractivity contribution >= 4 is 17.6 Å². The summed E-state index contributed by atoms with van der Waals surface area (Å²) >= 11 is 0. The summed E-state index contributed by atoms with van der Waals surface area (Å²) in [5.74, 6) is -1.09. The normalized spacial score (nSPS) is 11.0. The molecule has 126 valence electrons. The van der Waals surface area contributed by atoms with E-state index in [2.05, 4.69) is 36.1 Å². The van der Waals surface area contributed by atoms with Gasteiger partial charge < -0.3 is 10.1 Å². The van der Waals surface area contributed by atoms with Crippen LogP contribution >= 0.6 is 0 Å². The molecule has 1 N–H and O–H groups in total. The van der Waals surface area contributed by atoms with Gasteiger partial charge >= 0.3 is 5.97 Å². The second-order valence-corrected chi connectivity index (χ2v) is 6.49. The predicted molar refractivity (Wildman–Crippen MR) is 90.8 cm³/mol. The summed E-state index contributed by atoms with van der Waals surface area (Å²) in [4.78, 5) is 31.5. The fourth-order valence-corrected chi connectivity index (χ4v) is 1.95. The number of nitrogens with one attached hydrogen (secondary N) is 1. The van der Waals surface area contributed by atoms with Crippen molar-refractivity contribution in [3.63, 3.8) is 0 Å². The molecular weight excluding hydrogens is 306 g/mol. The lowest BCUT2D eigenvalue weighted by molar-refractivity contribution is -0.119. The summed E-state index contributed by atoms with van der Waals surface area (Å²) in [6, 6.07) is 7.57. The Hall–Kier alpha value is -2.76.